The lowest BCUT2D eigenvalue weighted by atomic mass is 10.2. The maximum atomic E-state index is 13.1. The average molecular weight is 425 g/mol. The minimum absolute atomic E-state index is 0.105. The summed E-state index contributed by atoms with van der Waals surface area (Å²) in [5.74, 6) is 1.25. The van der Waals surface area contributed by atoms with Gasteiger partial charge in [0, 0.05) is 22.4 Å². The Morgan fingerprint density at radius 2 is 1.90 bits per heavy atom. The highest BCUT2D eigenvalue weighted by Gasteiger charge is 2.24. The fourth-order valence-electron chi connectivity index (χ4n) is 3.38. The molecule has 7 heteroatoms. The zero-order chi connectivity index (χ0) is 20.4. The number of rotatable bonds is 4. The number of amides is 1. The number of aromatic nitrogens is 3. The molecule has 1 amide bonds. The second-order valence-electron chi connectivity index (χ2n) is 7.22. The van der Waals surface area contributed by atoms with Gasteiger partial charge in [0.05, 0.1) is 11.4 Å². The summed E-state index contributed by atoms with van der Waals surface area (Å²) < 4.78 is 2.01. The number of para-hydroxylation sites is 1. The molecule has 0 spiro atoms. The Kier molecular flexibility index (Phi) is 5.96. The minimum atomic E-state index is 0.105. The standard InChI is InChI=1S/C22H24N4OS2/c1-15-8-10-18(11-9-15)26-17(3)23-24-22(26)28-14-21(27)25-13-12-16(2)29-20-7-5-4-6-19(20)25/h4-11,16H,12-14H2,1-3H3. The monoisotopic (exact) mass is 424 g/mol. The SMILES string of the molecule is Cc1ccc(-n2c(C)nnc2SCC(=O)N2CCC(C)Sc3ccccc32)cc1. The molecule has 1 aromatic heterocycles. The molecule has 1 unspecified atom stereocenters. The van der Waals surface area contributed by atoms with Crippen molar-refractivity contribution in [1.82, 2.24) is 14.8 Å². The predicted molar refractivity (Wildman–Crippen MR) is 120 cm³/mol. The van der Waals surface area contributed by atoms with Crippen LogP contribution in [0.5, 0.6) is 0 Å². The molecule has 3 aromatic rings. The van der Waals surface area contributed by atoms with E-state index in [1.54, 1.807) is 0 Å². The molecule has 150 valence electrons. The third-order valence-corrected chi connectivity index (χ3v) is 7.11. The number of hydrogen-bond acceptors (Lipinski definition) is 5. The van der Waals surface area contributed by atoms with Gasteiger partial charge in [-0.3, -0.25) is 9.36 Å². The molecule has 2 heterocycles. The topological polar surface area (TPSA) is 51.0 Å². The summed E-state index contributed by atoms with van der Waals surface area (Å²) in [6.45, 7) is 6.96. The van der Waals surface area contributed by atoms with Crippen molar-refractivity contribution in [3.8, 4) is 5.69 Å². The third-order valence-electron chi connectivity index (χ3n) is 4.96. The largest absolute Gasteiger partial charge is 0.311 e. The van der Waals surface area contributed by atoms with Crippen LogP contribution in [0, 0.1) is 13.8 Å². The number of thioether (sulfide) groups is 2. The van der Waals surface area contributed by atoms with E-state index in [1.165, 1.54) is 22.2 Å². The van der Waals surface area contributed by atoms with Gasteiger partial charge in [-0.2, -0.15) is 0 Å². The van der Waals surface area contributed by atoms with Gasteiger partial charge in [-0.25, -0.2) is 0 Å². The molecule has 5 nitrogen and oxygen atoms in total. The fourth-order valence-corrected chi connectivity index (χ4v) is 5.36. The van der Waals surface area contributed by atoms with Crippen molar-refractivity contribution in [2.45, 2.75) is 42.5 Å². The van der Waals surface area contributed by atoms with E-state index in [0.717, 1.165) is 35.3 Å². The highest BCUT2D eigenvalue weighted by molar-refractivity contribution is 8.00. The summed E-state index contributed by atoms with van der Waals surface area (Å²) in [6, 6.07) is 16.4. The first-order valence-electron chi connectivity index (χ1n) is 9.71. The first kappa shape index (κ1) is 20.0. The van der Waals surface area contributed by atoms with E-state index in [2.05, 4.69) is 54.4 Å². The fraction of sp³-hybridized carbons (Fsp3) is 0.318. The molecule has 0 N–H and O–H groups in total. The Labute approximate surface area is 179 Å². The van der Waals surface area contributed by atoms with Gasteiger partial charge in [-0.05, 0) is 44.5 Å². The van der Waals surface area contributed by atoms with E-state index in [4.69, 9.17) is 0 Å². The molecule has 0 bridgehead atoms. The second-order valence-corrected chi connectivity index (χ2v) is 9.64. The van der Waals surface area contributed by atoms with Crippen molar-refractivity contribution in [3.63, 3.8) is 0 Å². The number of hydrogen-bond donors (Lipinski definition) is 0. The van der Waals surface area contributed by atoms with Gasteiger partial charge in [-0.15, -0.1) is 22.0 Å². The van der Waals surface area contributed by atoms with E-state index < -0.39 is 0 Å². The number of fused-ring (bicyclic) bond motifs is 1. The summed E-state index contributed by atoms with van der Waals surface area (Å²) in [4.78, 5) is 16.2. The minimum Gasteiger partial charge on any atom is -0.311 e. The van der Waals surface area contributed by atoms with Gasteiger partial charge in [0.15, 0.2) is 5.16 Å². The number of carbonyl (C=O) groups excluding carboxylic acids is 1. The van der Waals surface area contributed by atoms with E-state index >= 15 is 0 Å². The molecule has 1 aliphatic rings. The summed E-state index contributed by atoms with van der Waals surface area (Å²) >= 11 is 3.29. The number of aryl methyl sites for hydroxylation is 2. The van der Waals surface area contributed by atoms with Gasteiger partial charge in [0.25, 0.3) is 0 Å². The van der Waals surface area contributed by atoms with Crippen molar-refractivity contribution < 1.29 is 4.79 Å². The predicted octanol–water partition coefficient (Wildman–Crippen LogP) is 4.89. The normalized spacial score (nSPS) is 16.4. The average Bonchev–Trinajstić information content (AvgIpc) is 2.99. The van der Waals surface area contributed by atoms with Gasteiger partial charge >= 0.3 is 0 Å². The molecule has 1 atom stereocenters. The van der Waals surface area contributed by atoms with E-state index in [1.807, 2.05) is 46.4 Å². The number of carbonyl (C=O) groups is 1. The Balaban J connectivity index is 1.53. The molecule has 0 aliphatic carbocycles. The van der Waals surface area contributed by atoms with Crippen molar-refractivity contribution in [2.24, 2.45) is 0 Å². The third kappa shape index (κ3) is 4.36. The Morgan fingerprint density at radius 1 is 1.14 bits per heavy atom. The number of nitrogens with zero attached hydrogens (tertiary/aromatic N) is 4. The van der Waals surface area contributed by atoms with Crippen LogP contribution >= 0.6 is 23.5 Å². The summed E-state index contributed by atoms with van der Waals surface area (Å²) in [5.41, 5.74) is 3.23. The maximum absolute atomic E-state index is 13.1. The smallest absolute Gasteiger partial charge is 0.237 e. The second kappa shape index (κ2) is 8.63. The molecular weight excluding hydrogens is 400 g/mol. The van der Waals surface area contributed by atoms with Crippen LogP contribution < -0.4 is 4.90 Å². The van der Waals surface area contributed by atoms with Crippen LogP contribution in [0.15, 0.2) is 58.6 Å². The first-order valence-corrected chi connectivity index (χ1v) is 11.6. The van der Waals surface area contributed by atoms with Crippen molar-refractivity contribution in [2.75, 3.05) is 17.2 Å². The molecule has 0 fully saturated rings. The molecule has 0 radical (unpaired) electrons. The summed E-state index contributed by atoms with van der Waals surface area (Å²) in [7, 11) is 0. The van der Waals surface area contributed by atoms with Crippen molar-refractivity contribution in [1.29, 1.82) is 0 Å². The molecular formula is C22H24N4OS2. The first-order chi connectivity index (χ1) is 14.0. The molecule has 4 rings (SSSR count). The lowest BCUT2D eigenvalue weighted by Gasteiger charge is -2.22. The molecule has 0 saturated carbocycles. The Hall–Kier alpha value is -2.25. The van der Waals surface area contributed by atoms with Gasteiger partial charge in [-0.1, -0.05) is 48.5 Å². The van der Waals surface area contributed by atoms with Gasteiger partial charge < -0.3 is 4.90 Å². The van der Waals surface area contributed by atoms with Gasteiger partial charge in [0.2, 0.25) is 5.91 Å². The van der Waals surface area contributed by atoms with Crippen LogP contribution in [0.25, 0.3) is 5.69 Å². The van der Waals surface area contributed by atoms with Crippen LogP contribution in [0.2, 0.25) is 0 Å². The van der Waals surface area contributed by atoms with Crippen LogP contribution in [0.4, 0.5) is 5.69 Å². The maximum Gasteiger partial charge on any atom is 0.237 e. The van der Waals surface area contributed by atoms with Gasteiger partial charge in [0.1, 0.15) is 5.82 Å². The van der Waals surface area contributed by atoms with Crippen molar-refractivity contribution in [3.05, 3.63) is 59.9 Å². The molecule has 0 saturated heterocycles. The lowest BCUT2D eigenvalue weighted by Crippen LogP contribution is -2.33. The Morgan fingerprint density at radius 3 is 2.69 bits per heavy atom. The zero-order valence-corrected chi connectivity index (χ0v) is 18.5. The van der Waals surface area contributed by atoms with E-state index in [0.29, 0.717) is 11.0 Å². The van der Waals surface area contributed by atoms with Crippen LogP contribution in [0.3, 0.4) is 0 Å². The lowest BCUT2D eigenvalue weighted by molar-refractivity contribution is -0.116. The molecule has 1 aliphatic heterocycles. The van der Waals surface area contributed by atoms with E-state index in [-0.39, 0.29) is 5.91 Å². The Bertz CT molecular complexity index is 1020. The molecule has 2 aromatic carbocycles. The highest BCUT2D eigenvalue weighted by Crippen LogP contribution is 2.37. The number of benzene rings is 2. The summed E-state index contributed by atoms with van der Waals surface area (Å²) in [6.07, 6.45) is 0.981. The van der Waals surface area contributed by atoms with Crippen LogP contribution in [-0.2, 0) is 4.79 Å². The van der Waals surface area contributed by atoms with Crippen LogP contribution in [-0.4, -0.2) is 38.2 Å². The summed E-state index contributed by atoms with van der Waals surface area (Å²) in [5, 5.41) is 9.77. The number of anilines is 1. The van der Waals surface area contributed by atoms with Crippen LogP contribution in [0.1, 0.15) is 24.7 Å². The highest BCUT2D eigenvalue weighted by atomic mass is 32.2. The van der Waals surface area contributed by atoms with E-state index in [9.17, 15) is 4.79 Å². The zero-order valence-electron chi connectivity index (χ0n) is 16.8. The quantitative estimate of drug-likeness (QED) is 0.558. The van der Waals surface area contributed by atoms with Crippen molar-refractivity contribution >= 4 is 35.1 Å². The molecule has 29 heavy (non-hydrogen) atoms.